The molecule has 0 saturated carbocycles. The molecule has 0 saturated heterocycles. The highest BCUT2D eigenvalue weighted by molar-refractivity contribution is 5.33. The number of aromatic nitrogens is 2. The molecule has 6 heteroatoms. The predicted molar refractivity (Wildman–Crippen MR) is 96.4 cm³/mol. The first-order chi connectivity index (χ1) is 12.7. The summed E-state index contributed by atoms with van der Waals surface area (Å²) in [6, 6.07) is 17.5. The Morgan fingerprint density at radius 2 is 2.00 bits per heavy atom. The largest absolute Gasteiger partial charge is 0.489 e. The van der Waals surface area contributed by atoms with E-state index in [4.69, 9.17) is 14.5 Å². The second kappa shape index (κ2) is 8.79. The van der Waals surface area contributed by atoms with E-state index in [1.807, 2.05) is 49.4 Å². The molecule has 0 atom stereocenters. The molecule has 1 aromatic heterocycles. The summed E-state index contributed by atoms with van der Waals surface area (Å²) >= 11 is 0. The van der Waals surface area contributed by atoms with Crippen LogP contribution in [0.5, 0.6) is 5.75 Å². The van der Waals surface area contributed by atoms with Crippen LogP contribution in [0.1, 0.15) is 28.4 Å². The summed E-state index contributed by atoms with van der Waals surface area (Å²) in [6.45, 7) is 3.73. The van der Waals surface area contributed by atoms with Crippen LogP contribution < -0.4 is 10.1 Å². The summed E-state index contributed by atoms with van der Waals surface area (Å²) in [7, 11) is 0. The van der Waals surface area contributed by atoms with E-state index in [2.05, 4.69) is 21.5 Å². The summed E-state index contributed by atoms with van der Waals surface area (Å²) in [5.74, 6) is 2.11. The van der Waals surface area contributed by atoms with Gasteiger partial charge in [-0.3, -0.25) is 0 Å². The molecule has 0 radical (unpaired) electrons. The molecule has 0 fully saturated rings. The SMILES string of the molecule is Cc1noc(CCNCc2cccc(OCc3cccc(C#N)c3)c2)n1. The van der Waals surface area contributed by atoms with Crippen molar-refractivity contribution in [1.29, 1.82) is 5.26 Å². The number of ether oxygens (including phenoxy) is 1. The second-order valence-electron chi connectivity index (χ2n) is 5.91. The number of nitrogens with zero attached hydrogens (tertiary/aromatic N) is 3. The minimum absolute atomic E-state index is 0.433. The van der Waals surface area contributed by atoms with Crippen molar-refractivity contribution in [3.63, 3.8) is 0 Å². The van der Waals surface area contributed by atoms with Crippen LogP contribution in [0.3, 0.4) is 0 Å². The van der Waals surface area contributed by atoms with Gasteiger partial charge in [0.05, 0.1) is 11.6 Å². The Bertz CT molecular complexity index is 899. The third kappa shape index (κ3) is 5.16. The van der Waals surface area contributed by atoms with Crippen molar-refractivity contribution in [1.82, 2.24) is 15.5 Å². The molecule has 0 bridgehead atoms. The lowest BCUT2D eigenvalue weighted by molar-refractivity contribution is 0.306. The lowest BCUT2D eigenvalue weighted by atomic mass is 10.1. The number of hydrogen-bond donors (Lipinski definition) is 1. The van der Waals surface area contributed by atoms with Gasteiger partial charge in [-0.05, 0) is 42.3 Å². The van der Waals surface area contributed by atoms with E-state index in [9.17, 15) is 0 Å². The average Bonchev–Trinajstić information content (AvgIpc) is 3.09. The van der Waals surface area contributed by atoms with E-state index in [1.165, 1.54) is 0 Å². The van der Waals surface area contributed by atoms with Gasteiger partial charge in [0, 0.05) is 19.5 Å². The first-order valence-electron chi connectivity index (χ1n) is 8.43. The lowest BCUT2D eigenvalue weighted by Crippen LogP contribution is -2.16. The van der Waals surface area contributed by atoms with Crippen molar-refractivity contribution < 1.29 is 9.26 Å². The third-order valence-electron chi connectivity index (χ3n) is 3.77. The van der Waals surface area contributed by atoms with Crippen LogP contribution in [0, 0.1) is 18.3 Å². The fourth-order valence-corrected chi connectivity index (χ4v) is 2.51. The maximum absolute atomic E-state index is 8.95. The van der Waals surface area contributed by atoms with Gasteiger partial charge in [-0.1, -0.05) is 29.4 Å². The number of benzene rings is 2. The molecule has 1 heterocycles. The Morgan fingerprint density at radius 1 is 1.15 bits per heavy atom. The Hall–Kier alpha value is -3.17. The van der Waals surface area contributed by atoms with Crippen molar-refractivity contribution in [3.8, 4) is 11.8 Å². The average molecular weight is 348 g/mol. The topological polar surface area (TPSA) is 84.0 Å². The Labute approximate surface area is 152 Å². The van der Waals surface area contributed by atoms with Crippen molar-refractivity contribution >= 4 is 0 Å². The van der Waals surface area contributed by atoms with Gasteiger partial charge in [0.25, 0.3) is 0 Å². The molecular formula is C20H20N4O2. The van der Waals surface area contributed by atoms with E-state index in [1.54, 1.807) is 6.07 Å². The molecule has 0 amide bonds. The predicted octanol–water partition coefficient (Wildman–Crippen LogP) is 3.16. The lowest BCUT2D eigenvalue weighted by Gasteiger charge is -2.09. The second-order valence-corrected chi connectivity index (χ2v) is 5.91. The highest BCUT2D eigenvalue weighted by Gasteiger charge is 2.03. The molecule has 0 spiro atoms. The molecule has 0 aliphatic rings. The smallest absolute Gasteiger partial charge is 0.227 e. The maximum atomic E-state index is 8.95. The fraction of sp³-hybridized carbons (Fsp3) is 0.250. The van der Waals surface area contributed by atoms with Crippen LogP contribution >= 0.6 is 0 Å². The highest BCUT2D eigenvalue weighted by Crippen LogP contribution is 2.15. The third-order valence-corrected chi connectivity index (χ3v) is 3.77. The number of rotatable bonds is 8. The van der Waals surface area contributed by atoms with E-state index in [0.717, 1.165) is 30.0 Å². The zero-order valence-corrected chi connectivity index (χ0v) is 14.6. The number of aryl methyl sites for hydroxylation is 1. The van der Waals surface area contributed by atoms with Crippen molar-refractivity contribution in [2.45, 2.75) is 26.5 Å². The normalized spacial score (nSPS) is 10.5. The molecule has 1 N–H and O–H groups in total. The summed E-state index contributed by atoms with van der Waals surface area (Å²) in [6.07, 6.45) is 0.701. The summed E-state index contributed by atoms with van der Waals surface area (Å²) in [4.78, 5) is 4.18. The summed E-state index contributed by atoms with van der Waals surface area (Å²) in [5.41, 5.74) is 2.75. The Morgan fingerprint density at radius 3 is 2.81 bits per heavy atom. The van der Waals surface area contributed by atoms with Gasteiger partial charge in [0.1, 0.15) is 12.4 Å². The molecule has 0 unspecified atom stereocenters. The standard InChI is InChI=1S/C20H20N4O2/c1-15-23-20(26-24-15)8-9-22-13-17-5-3-7-19(11-17)25-14-18-6-2-4-16(10-18)12-21/h2-7,10-11,22H,8-9,13-14H2,1H3. The number of nitrogens with one attached hydrogen (secondary N) is 1. The zero-order chi connectivity index (χ0) is 18.2. The van der Waals surface area contributed by atoms with Gasteiger partial charge >= 0.3 is 0 Å². The van der Waals surface area contributed by atoms with E-state index in [-0.39, 0.29) is 0 Å². The maximum Gasteiger partial charge on any atom is 0.227 e. The van der Waals surface area contributed by atoms with Crippen LogP contribution in [0.4, 0.5) is 0 Å². The minimum Gasteiger partial charge on any atom is -0.489 e. The zero-order valence-electron chi connectivity index (χ0n) is 14.6. The molecule has 6 nitrogen and oxygen atoms in total. The molecule has 0 aliphatic carbocycles. The van der Waals surface area contributed by atoms with Crippen LogP contribution in [0.25, 0.3) is 0 Å². The van der Waals surface area contributed by atoms with Crippen LogP contribution in [0.2, 0.25) is 0 Å². The monoisotopic (exact) mass is 348 g/mol. The number of hydrogen-bond acceptors (Lipinski definition) is 6. The molecule has 0 aliphatic heterocycles. The summed E-state index contributed by atoms with van der Waals surface area (Å²) < 4.78 is 10.9. The quantitative estimate of drug-likeness (QED) is 0.630. The van der Waals surface area contributed by atoms with Crippen molar-refractivity contribution in [3.05, 3.63) is 76.9 Å². The van der Waals surface area contributed by atoms with Gasteiger partial charge in [-0.15, -0.1) is 0 Å². The molecule has 3 rings (SSSR count). The molecule has 26 heavy (non-hydrogen) atoms. The van der Waals surface area contributed by atoms with Crippen LogP contribution in [0.15, 0.2) is 53.1 Å². The highest BCUT2D eigenvalue weighted by atomic mass is 16.5. The van der Waals surface area contributed by atoms with Gasteiger partial charge in [0.2, 0.25) is 5.89 Å². The first kappa shape index (κ1) is 17.6. The first-order valence-corrected chi connectivity index (χ1v) is 8.43. The Kier molecular flexibility index (Phi) is 5.96. The fourth-order valence-electron chi connectivity index (χ4n) is 2.51. The summed E-state index contributed by atoms with van der Waals surface area (Å²) in [5, 5.41) is 16.1. The Balaban J connectivity index is 1.47. The van der Waals surface area contributed by atoms with Gasteiger partial charge < -0.3 is 14.6 Å². The van der Waals surface area contributed by atoms with Crippen LogP contribution in [-0.2, 0) is 19.6 Å². The van der Waals surface area contributed by atoms with Crippen molar-refractivity contribution in [2.24, 2.45) is 0 Å². The van der Waals surface area contributed by atoms with Gasteiger partial charge in [0.15, 0.2) is 5.82 Å². The number of nitriles is 1. The van der Waals surface area contributed by atoms with Gasteiger partial charge in [-0.2, -0.15) is 10.2 Å². The molecule has 132 valence electrons. The molecule has 3 aromatic rings. The minimum atomic E-state index is 0.433. The van der Waals surface area contributed by atoms with Crippen molar-refractivity contribution in [2.75, 3.05) is 6.54 Å². The van der Waals surface area contributed by atoms with E-state index < -0.39 is 0 Å². The van der Waals surface area contributed by atoms with Crippen LogP contribution in [-0.4, -0.2) is 16.7 Å². The van der Waals surface area contributed by atoms with E-state index in [0.29, 0.717) is 30.3 Å². The molecule has 2 aromatic carbocycles. The molecular weight excluding hydrogens is 328 g/mol. The van der Waals surface area contributed by atoms with Gasteiger partial charge in [-0.25, -0.2) is 0 Å². The van der Waals surface area contributed by atoms with E-state index >= 15 is 0 Å².